The number of allylic oxidation sites excluding steroid dienone is 7. The molecular weight excluding hydrogens is 984 g/mol. The lowest BCUT2D eigenvalue weighted by molar-refractivity contribution is -0.870. The minimum atomic E-state index is -4.60. The molecule has 0 saturated heterocycles. The molecule has 0 radical (unpaired) electrons. The fraction of sp³-hybridized carbons (Fsp3) is 0.870. The van der Waals surface area contributed by atoms with Crippen molar-refractivity contribution in [3.05, 3.63) is 48.6 Å². The predicted molar refractivity (Wildman–Crippen MR) is 339 cm³/mol. The number of unbranched alkanes of at least 4 members (excludes halogenated alkanes) is 44. The maximum Gasteiger partial charge on any atom is 0.268 e. The fourth-order valence-corrected chi connectivity index (χ4v) is 10.9. The summed E-state index contributed by atoms with van der Waals surface area (Å²) in [5.41, 5.74) is 0. The van der Waals surface area contributed by atoms with Crippen molar-refractivity contribution in [1.82, 2.24) is 5.32 Å². The molecule has 0 bridgehead atoms. The number of likely N-dealkylation sites (N-methyl/N-ethyl adjacent to an activating group) is 1. The van der Waals surface area contributed by atoms with Crippen LogP contribution in [0, 0.1) is 0 Å². The Morgan fingerprint density at radius 2 is 0.744 bits per heavy atom. The van der Waals surface area contributed by atoms with E-state index in [1.54, 1.807) is 6.08 Å². The smallest absolute Gasteiger partial charge is 0.268 e. The van der Waals surface area contributed by atoms with Crippen LogP contribution < -0.4 is 10.2 Å². The first kappa shape index (κ1) is 76.5. The van der Waals surface area contributed by atoms with Gasteiger partial charge < -0.3 is 28.8 Å². The van der Waals surface area contributed by atoms with Crippen LogP contribution in [0.1, 0.15) is 335 Å². The van der Waals surface area contributed by atoms with Crippen molar-refractivity contribution >= 4 is 13.7 Å². The number of aliphatic hydroxyl groups excluding tert-OH is 1. The molecule has 0 saturated carbocycles. The van der Waals surface area contributed by atoms with Gasteiger partial charge in [-0.2, -0.15) is 0 Å². The summed E-state index contributed by atoms with van der Waals surface area (Å²) in [6.45, 7) is 4.68. The van der Waals surface area contributed by atoms with Crippen LogP contribution in [0.3, 0.4) is 0 Å². The van der Waals surface area contributed by atoms with Crippen molar-refractivity contribution in [2.45, 2.75) is 347 Å². The van der Waals surface area contributed by atoms with Gasteiger partial charge in [0.1, 0.15) is 13.2 Å². The Bertz CT molecular complexity index is 1410. The number of hydrogen-bond acceptors (Lipinski definition) is 6. The highest BCUT2D eigenvalue weighted by Crippen LogP contribution is 2.38. The summed E-state index contributed by atoms with van der Waals surface area (Å²) in [4.78, 5) is 25.6. The van der Waals surface area contributed by atoms with Gasteiger partial charge in [0.25, 0.3) is 7.82 Å². The lowest BCUT2D eigenvalue weighted by Gasteiger charge is -2.29. The zero-order valence-corrected chi connectivity index (χ0v) is 53.5. The Kier molecular flexibility index (Phi) is 58.9. The monoisotopic (exact) mass is 1120 g/mol. The number of amides is 1. The van der Waals surface area contributed by atoms with Crippen LogP contribution in [-0.4, -0.2) is 68.5 Å². The summed E-state index contributed by atoms with van der Waals surface area (Å²) in [5, 5.41) is 13.9. The first-order chi connectivity index (χ1) is 38.0. The molecule has 0 aliphatic rings. The summed E-state index contributed by atoms with van der Waals surface area (Å²) in [6.07, 6.45) is 80.9. The number of phosphoric ester groups is 1. The first-order valence-electron chi connectivity index (χ1n) is 34.0. The molecule has 0 aromatic heterocycles. The molecule has 0 aliphatic heterocycles. The Morgan fingerprint density at radius 3 is 1.08 bits per heavy atom. The van der Waals surface area contributed by atoms with Crippen LogP contribution in [0.2, 0.25) is 0 Å². The normalized spacial score (nSPS) is 14.0. The number of aliphatic hydroxyl groups is 1. The predicted octanol–water partition coefficient (Wildman–Crippen LogP) is 20.8. The lowest BCUT2D eigenvalue weighted by atomic mass is 10.0. The summed E-state index contributed by atoms with van der Waals surface area (Å²) in [6, 6.07) is -0.885. The molecular formula is C69H133N2O6P. The topological polar surface area (TPSA) is 108 Å². The SMILES string of the molecule is CCCCCCC/C=C\C/C=C\C/C=C\CCCCCCCCCCCCCCCCCCCCCCCCCCC(=O)NC(COP(=O)([O-])OCC[N+](C)(C)C)C(O)/C=C/CCCCCCCCCCCCCCCCC. The van der Waals surface area contributed by atoms with Gasteiger partial charge >= 0.3 is 0 Å². The third-order valence-electron chi connectivity index (χ3n) is 15.5. The Labute approximate surface area is 486 Å². The third kappa shape index (κ3) is 62.1. The quantitative estimate of drug-likeness (QED) is 0.0272. The van der Waals surface area contributed by atoms with Gasteiger partial charge in [0, 0.05) is 6.42 Å². The van der Waals surface area contributed by atoms with E-state index >= 15 is 0 Å². The summed E-state index contributed by atoms with van der Waals surface area (Å²) >= 11 is 0. The van der Waals surface area contributed by atoms with E-state index in [9.17, 15) is 19.4 Å². The number of quaternary nitrogens is 1. The van der Waals surface area contributed by atoms with Gasteiger partial charge in [-0.15, -0.1) is 0 Å². The van der Waals surface area contributed by atoms with Crippen LogP contribution in [0.5, 0.6) is 0 Å². The first-order valence-corrected chi connectivity index (χ1v) is 35.5. The number of carbonyl (C=O) groups is 1. The second kappa shape index (κ2) is 60.1. The van der Waals surface area contributed by atoms with Crippen molar-refractivity contribution < 1.29 is 32.9 Å². The van der Waals surface area contributed by atoms with E-state index < -0.39 is 20.0 Å². The Hall–Kier alpha value is -1.54. The van der Waals surface area contributed by atoms with Crippen LogP contribution in [-0.2, 0) is 18.4 Å². The molecule has 0 aromatic rings. The molecule has 460 valence electrons. The molecule has 0 heterocycles. The molecule has 9 heteroatoms. The lowest BCUT2D eigenvalue weighted by Crippen LogP contribution is -2.45. The minimum absolute atomic E-state index is 0.000732. The van der Waals surface area contributed by atoms with Crippen LogP contribution >= 0.6 is 7.82 Å². The van der Waals surface area contributed by atoms with Gasteiger partial charge in [-0.1, -0.05) is 319 Å². The molecule has 3 unspecified atom stereocenters. The highest BCUT2D eigenvalue weighted by Gasteiger charge is 2.23. The van der Waals surface area contributed by atoms with Crippen LogP contribution in [0.4, 0.5) is 0 Å². The second-order valence-electron chi connectivity index (χ2n) is 24.5. The average Bonchev–Trinajstić information content (AvgIpc) is 3.40. The highest BCUT2D eigenvalue weighted by molar-refractivity contribution is 7.45. The van der Waals surface area contributed by atoms with E-state index in [1.807, 2.05) is 27.2 Å². The molecule has 8 nitrogen and oxygen atoms in total. The van der Waals surface area contributed by atoms with Gasteiger partial charge in [-0.05, 0) is 57.8 Å². The molecule has 0 fully saturated rings. The molecule has 0 aliphatic carbocycles. The van der Waals surface area contributed by atoms with E-state index in [1.165, 1.54) is 263 Å². The van der Waals surface area contributed by atoms with Gasteiger partial charge in [0.05, 0.1) is 39.9 Å². The standard InChI is InChI=1S/C69H133N2O6P/c1-6-8-10-12-14-16-18-20-22-24-25-26-27-28-29-30-31-32-33-34-35-36-37-38-39-40-41-42-43-44-45-47-49-51-53-55-57-59-61-63-69(73)70-67(66-77-78(74,75)76-65-64-71(3,4)5)68(72)62-60-58-56-54-52-50-48-46-23-21-19-17-15-13-11-9-7-2/h18,20,24-25,27-28,60,62,67-68,72H,6-17,19,21-23,26,29-59,61,63-66H2,1-5H3,(H-,70,73,74,75)/b20-18-,25-24-,28-27-,62-60+. The fourth-order valence-electron chi connectivity index (χ4n) is 10.2. The van der Waals surface area contributed by atoms with Crippen molar-refractivity contribution in [1.29, 1.82) is 0 Å². The number of phosphoric acid groups is 1. The third-order valence-corrected chi connectivity index (χ3v) is 16.5. The summed E-state index contributed by atoms with van der Waals surface area (Å²) < 4.78 is 23.4. The average molecular weight is 1120 g/mol. The largest absolute Gasteiger partial charge is 0.756 e. The maximum absolute atomic E-state index is 13.0. The van der Waals surface area contributed by atoms with E-state index in [2.05, 4.69) is 55.6 Å². The summed E-state index contributed by atoms with van der Waals surface area (Å²) in [7, 11) is 1.27. The second-order valence-corrected chi connectivity index (χ2v) is 25.9. The van der Waals surface area contributed by atoms with Gasteiger partial charge in [0.2, 0.25) is 5.91 Å². The molecule has 0 spiro atoms. The van der Waals surface area contributed by atoms with E-state index in [-0.39, 0.29) is 19.1 Å². The molecule has 1 amide bonds. The van der Waals surface area contributed by atoms with Crippen LogP contribution in [0.15, 0.2) is 48.6 Å². The number of nitrogens with zero attached hydrogens (tertiary/aromatic N) is 1. The van der Waals surface area contributed by atoms with Crippen LogP contribution in [0.25, 0.3) is 0 Å². The van der Waals surface area contributed by atoms with Crippen molar-refractivity contribution in [3.63, 3.8) is 0 Å². The molecule has 0 aromatic carbocycles. The molecule has 78 heavy (non-hydrogen) atoms. The molecule has 3 atom stereocenters. The maximum atomic E-state index is 13.0. The number of nitrogens with one attached hydrogen (secondary N) is 1. The number of carbonyl (C=O) groups excluding carboxylic acids is 1. The number of hydrogen-bond donors (Lipinski definition) is 2. The summed E-state index contributed by atoms with van der Waals surface area (Å²) in [5.74, 6) is -0.191. The zero-order chi connectivity index (χ0) is 57.0. The Morgan fingerprint density at radius 1 is 0.449 bits per heavy atom. The van der Waals surface area contributed by atoms with Crippen molar-refractivity contribution in [3.8, 4) is 0 Å². The van der Waals surface area contributed by atoms with E-state index in [0.29, 0.717) is 17.4 Å². The van der Waals surface area contributed by atoms with Crippen molar-refractivity contribution in [2.75, 3.05) is 40.9 Å². The van der Waals surface area contributed by atoms with Gasteiger partial charge in [-0.25, -0.2) is 0 Å². The number of rotatable bonds is 63. The molecule has 0 rings (SSSR count). The van der Waals surface area contributed by atoms with Gasteiger partial charge in [-0.3, -0.25) is 9.36 Å². The van der Waals surface area contributed by atoms with Gasteiger partial charge in [0.15, 0.2) is 0 Å². The zero-order valence-electron chi connectivity index (χ0n) is 52.6. The molecule has 2 N–H and O–H groups in total. The highest BCUT2D eigenvalue weighted by atomic mass is 31.2. The van der Waals surface area contributed by atoms with E-state index in [4.69, 9.17) is 9.05 Å². The van der Waals surface area contributed by atoms with E-state index in [0.717, 1.165) is 51.4 Å². The van der Waals surface area contributed by atoms with Crippen molar-refractivity contribution in [2.24, 2.45) is 0 Å². The Balaban J connectivity index is 3.92. The minimum Gasteiger partial charge on any atom is -0.756 e.